The third-order valence-electron chi connectivity index (χ3n) is 5.67. The number of rotatable bonds is 1. The molecule has 1 N–H and O–H groups in total. The minimum Gasteiger partial charge on any atom is -0.478 e. The molecule has 0 amide bonds. The molecule has 0 unspecified atom stereocenters. The van der Waals surface area contributed by atoms with Crippen LogP contribution in [0.25, 0.3) is 0 Å². The lowest BCUT2D eigenvalue weighted by molar-refractivity contribution is -0.144. The second-order valence-corrected chi connectivity index (χ2v) is 6.38. The van der Waals surface area contributed by atoms with Crippen molar-refractivity contribution in [2.75, 3.05) is 0 Å². The summed E-state index contributed by atoms with van der Waals surface area (Å²) in [5.41, 5.74) is 0.166. The Kier molecular flexibility index (Phi) is 3.12. The predicted octanol–water partition coefficient (Wildman–Crippen LogP) is 3.19. The number of allylic oxidation sites excluding steroid dienone is 1. The summed E-state index contributed by atoms with van der Waals surface area (Å²) in [6.45, 7) is 6.49. The van der Waals surface area contributed by atoms with Crippen LogP contribution in [0.1, 0.15) is 52.9 Å². The maximum atomic E-state index is 12.6. The first kappa shape index (κ1) is 13.3. The molecule has 0 aromatic carbocycles. The standard InChI is InChI=1S/C15H22O3/c1-10-5-4-7-15(3)13(18)11(9-12(16)17)6-8-14(10,15)2/h9-10H,4-8H2,1-3H3,(H,16,17)/t10-,14+,15+/m0/s1. The molecule has 0 spiro atoms. The fourth-order valence-electron chi connectivity index (χ4n) is 3.95. The molecule has 2 fully saturated rings. The minimum atomic E-state index is -1.01. The number of carboxylic acid groups (broad SMARTS) is 1. The van der Waals surface area contributed by atoms with Crippen molar-refractivity contribution in [3.05, 3.63) is 11.6 Å². The van der Waals surface area contributed by atoms with Crippen LogP contribution in [-0.4, -0.2) is 16.9 Å². The van der Waals surface area contributed by atoms with Crippen LogP contribution in [0.15, 0.2) is 11.6 Å². The molecule has 3 heteroatoms. The lowest BCUT2D eigenvalue weighted by Gasteiger charge is -2.56. The topological polar surface area (TPSA) is 54.4 Å². The molecule has 0 aromatic rings. The van der Waals surface area contributed by atoms with Gasteiger partial charge in [-0.15, -0.1) is 0 Å². The molecule has 100 valence electrons. The normalized spacial score (nSPS) is 42.7. The lowest BCUT2D eigenvalue weighted by Crippen LogP contribution is -2.53. The van der Waals surface area contributed by atoms with E-state index in [-0.39, 0.29) is 16.6 Å². The molecule has 0 aliphatic heterocycles. The molecule has 3 atom stereocenters. The van der Waals surface area contributed by atoms with Gasteiger partial charge in [-0.05, 0) is 30.6 Å². The zero-order valence-electron chi connectivity index (χ0n) is 11.5. The second kappa shape index (κ2) is 4.22. The molecule has 0 radical (unpaired) electrons. The van der Waals surface area contributed by atoms with E-state index in [0.717, 1.165) is 25.3 Å². The SMILES string of the molecule is C[C@H]1CCC[C@]2(C)C(=O)C(=CC(=O)O)CC[C@]12C. The Morgan fingerprint density at radius 3 is 2.67 bits per heavy atom. The summed E-state index contributed by atoms with van der Waals surface area (Å²) in [4.78, 5) is 23.4. The highest BCUT2D eigenvalue weighted by molar-refractivity contribution is 6.04. The van der Waals surface area contributed by atoms with E-state index in [9.17, 15) is 9.59 Å². The maximum absolute atomic E-state index is 12.6. The molecule has 0 aromatic heterocycles. The number of hydrogen-bond donors (Lipinski definition) is 1. The Morgan fingerprint density at radius 2 is 2.06 bits per heavy atom. The van der Waals surface area contributed by atoms with Crippen LogP contribution in [-0.2, 0) is 9.59 Å². The Morgan fingerprint density at radius 1 is 1.39 bits per heavy atom. The Labute approximate surface area is 108 Å². The zero-order chi connectivity index (χ0) is 13.6. The average Bonchev–Trinajstić information content (AvgIpc) is 2.29. The molecule has 2 aliphatic rings. The van der Waals surface area contributed by atoms with E-state index in [4.69, 9.17) is 5.11 Å². The molecule has 0 saturated heterocycles. The Balaban J connectivity index is 2.41. The van der Waals surface area contributed by atoms with Gasteiger partial charge < -0.3 is 5.11 Å². The number of hydrogen-bond acceptors (Lipinski definition) is 2. The van der Waals surface area contributed by atoms with Gasteiger partial charge in [-0.1, -0.05) is 33.6 Å². The van der Waals surface area contributed by atoms with E-state index in [1.807, 2.05) is 6.92 Å². The third kappa shape index (κ3) is 1.72. The molecule has 2 aliphatic carbocycles. The number of aliphatic carboxylic acids is 1. The van der Waals surface area contributed by atoms with Crippen molar-refractivity contribution >= 4 is 11.8 Å². The van der Waals surface area contributed by atoms with Gasteiger partial charge in [0.15, 0.2) is 5.78 Å². The summed E-state index contributed by atoms with van der Waals surface area (Å²) in [5, 5.41) is 8.85. The largest absolute Gasteiger partial charge is 0.478 e. The van der Waals surface area contributed by atoms with Gasteiger partial charge >= 0.3 is 5.97 Å². The van der Waals surface area contributed by atoms with Crippen molar-refractivity contribution in [1.82, 2.24) is 0 Å². The fraction of sp³-hybridized carbons (Fsp3) is 0.733. The smallest absolute Gasteiger partial charge is 0.328 e. The van der Waals surface area contributed by atoms with Crippen molar-refractivity contribution in [3.63, 3.8) is 0 Å². The van der Waals surface area contributed by atoms with E-state index in [1.54, 1.807) is 0 Å². The highest BCUT2D eigenvalue weighted by Gasteiger charge is 2.56. The van der Waals surface area contributed by atoms with Crippen molar-refractivity contribution in [2.24, 2.45) is 16.7 Å². The van der Waals surface area contributed by atoms with Crippen molar-refractivity contribution in [3.8, 4) is 0 Å². The highest BCUT2D eigenvalue weighted by atomic mass is 16.4. The molecule has 0 bridgehead atoms. The summed E-state index contributed by atoms with van der Waals surface area (Å²) >= 11 is 0. The summed E-state index contributed by atoms with van der Waals surface area (Å²) < 4.78 is 0. The van der Waals surface area contributed by atoms with Crippen LogP contribution in [0.5, 0.6) is 0 Å². The van der Waals surface area contributed by atoms with E-state index < -0.39 is 5.97 Å². The van der Waals surface area contributed by atoms with Crippen LogP contribution in [0.2, 0.25) is 0 Å². The fourth-order valence-corrected chi connectivity index (χ4v) is 3.95. The van der Waals surface area contributed by atoms with Gasteiger partial charge in [0.05, 0.1) is 0 Å². The van der Waals surface area contributed by atoms with Crippen LogP contribution in [0, 0.1) is 16.7 Å². The van der Waals surface area contributed by atoms with Crippen LogP contribution < -0.4 is 0 Å². The maximum Gasteiger partial charge on any atom is 0.328 e. The third-order valence-corrected chi connectivity index (χ3v) is 5.67. The summed E-state index contributed by atoms with van der Waals surface area (Å²) in [6.07, 6.45) is 5.80. The molecule has 2 saturated carbocycles. The van der Waals surface area contributed by atoms with Crippen LogP contribution >= 0.6 is 0 Å². The predicted molar refractivity (Wildman–Crippen MR) is 69.2 cm³/mol. The van der Waals surface area contributed by atoms with E-state index in [1.165, 1.54) is 6.42 Å². The van der Waals surface area contributed by atoms with Crippen molar-refractivity contribution in [1.29, 1.82) is 0 Å². The monoisotopic (exact) mass is 250 g/mol. The van der Waals surface area contributed by atoms with Crippen LogP contribution in [0.4, 0.5) is 0 Å². The number of ketones is 1. The average molecular weight is 250 g/mol. The quantitative estimate of drug-likeness (QED) is 0.727. The summed E-state index contributed by atoms with van der Waals surface area (Å²) in [5.74, 6) is -0.397. The minimum absolute atomic E-state index is 0.0260. The number of Topliss-reactive ketones (excluding diaryl/α,β-unsaturated/α-hetero) is 1. The first-order chi connectivity index (χ1) is 8.31. The Hall–Kier alpha value is -1.12. The molecule has 3 nitrogen and oxygen atoms in total. The van der Waals surface area contributed by atoms with Gasteiger partial charge in [0.2, 0.25) is 0 Å². The molecule has 18 heavy (non-hydrogen) atoms. The first-order valence-corrected chi connectivity index (χ1v) is 6.79. The van der Waals surface area contributed by atoms with Crippen LogP contribution in [0.3, 0.4) is 0 Å². The summed E-state index contributed by atoms with van der Waals surface area (Å²) in [7, 11) is 0. The van der Waals surface area contributed by atoms with Gasteiger partial charge in [-0.2, -0.15) is 0 Å². The van der Waals surface area contributed by atoms with Gasteiger partial charge in [0.1, 0.15) is 0 Å². The second-order valence-electron chi connectivity index (χ2n) is 6.38. The van der Waals surface area contributed by atoms with E-state index in [2.05, 4.69) is 13.8 Å². The molecular formula is C15H22O3. The van der Waals surface area contributed by atoms with Gasteiger partial charge in [-0.3, -0.25) is 4.79 Å². The van der Waals surface area contributed by atoms with Gasteiger partial charge in [0.25, 0.3) is 0 Å². The first-order valence-electron chi connectivity index (χ1n) is 6.79. The van der Waals surface area contributed by atoms with E-state index >= 15 is 0 Å². The zero-order valence-corrected chi connectivity index (χ0v) is 11.5. The number of fused-ring (bicyclic) bond motifs is 1. The van der Waals surface area contributed by atoms with Crippen molar-refractivity contribution < 1.29 is 14.7 Å². The molecule has 0 heterocycles. The highest BCUT2D eigenvalue weighted by Crippen LogP contribution is 2.60. The number of carboxylic acids is 1. The van der Waals surface area contributed by atoms with Gasteiger partial charge in [-0.25, -0.2) is 4.79 Å². The number of carbonyl (C=O) groups is 2. The molecular weight excluding hydrogens is 228 g/mol. The Bertz CT molecular complexity index is 423. The van der Waals surface area contributed by atoms with E-state index in [0.29, 0.717) is 17.9 Å². The molecule has 2 rings (SSSR count). The van der Waals surface area contributed by atoms with Gasteiger partial charge in [0, 0.05) is 17.1 Å². The van der Waals surface area contributed by atoms with Crippen molar-refractivity contribution in [2.45, 2.75) is 52.9 Å². The lowest BCUT2D eigenvalue weighted by atomic mass is 9.47. The number of carbonyl (C=O) groups excluding carboxylic acids is 1. The summed E-state index contributed by atoms with van der Waals surface area (Å²) in [6, 6.07) is 0.